The maximum atomic E-state index is 13.5. The van der Waals surface area contributed by atoms with Gasteiger partial charge in [0.1, 0.15) is 42.3 Å². The number of hydrogen-bond acceptors (Lipinski definition) is 14. The number of carbonyl (C=O) groups is 11. The Morgan fingerprint density at radius 2 is 1.25 bits per heavy atom. The lowest BCUT2D eigenvalue weighted by molar-refractivity contribution is -0.144. The minimum atomic E-state index is -1.36. The Morgan fingerprint density at radius 3 is 1.82 bits per heavy atom. The van der Waals surface area contributed by atoms with E-state index >= 15 is 0 Å². The van der Waals surface area contributed by atoms with Gasteiger partial charge in [0.05, 0.1) is 25.2 Å². The summed E-state index contributed by atoms with van der Waals surface area (Å²) in [6.45, 7) is 9.53. The van der Waals surface area contributed by atoms with E-state index in [1.54, 1.807) is 27.7 Å². The van der Waals surface area contributed by atoms with Crippen LogP contribution in [-0.4, -0.2) is 167 Å². The smallest absolute Gasteiger partial charge is 0.326 e. The van der Waals surface area contributed by atoms with E-state index in [9.17, 15) is 63.0 Å². The number of aliphatic hydroxyl groups excluding tert-OH is 1. The van der Waals surface area contributed by atoms with Crippen LogP contribution in [0.5, 0.6) is 0 Å². The number of aliphatic hydroxyl groups is 1. The molecular weight excluding hydrogens is 893 g/mol. The van der Waals surface area contributed by atoms with Crippen LogP contribution < -0.4 is 59.3 Å². The van der Waals surface area contributed by atoms with Crippen LogP contribution in [0.3, 0.4) is 0 Å². The molecule has 0 radical (unpaired) electrons. The molecule has 0 aromatic carbocycles. The van der Waals surface area contributed by atoms with Crippen molar-refractivity contribution in [3.8, 4) is 0 Å². The van der Waals surface area contributed by atoms with E-state index < -0.39 is 133 Å². The number of rotatable bonds is 29. The maximum absolute atomic E-state index is 13.5. The molecule has 2 aliphatic rings. The second-order valence-corrected chi connectivity index (χ2v) is 18.2. The SMILES string of the molecule is CC(C)C[C@H](NC(=O)CNC(=O)[C@H](CC(C)C)NC(=O)[C@H](CCC(N)=O)NC(=O)[C@H](C)NC(=O)C1C[C@@H](O)CN1)C(=O)N[C@@H](C)C(=O)NCC(=O)N1CCC[C@H]1C(=O)N[C@@H](CCCCN)C(=O)O. The Morgan fingerprint density at radius 1 is 0.662 bits per heavy atom. The number of unbranched alkanes of at least 4 members (excludes halogenated alkanes) is 1. The molecule has 0 aromatic heterocycles. The van der Waals surface area contributed by atoms with Gasteiger partial charge in [0.2, 0.25) is 59.1 Å². The summed E-state index contributed by atoms with van der Waals surface area (Å²) in [4.78, 5) is 143. The van der Waals surface area contributed by atoms with E-state index in [-0.39, 0.29) is 63.5 Å². The molecule has 10 amide bonds. The van der Waals surface area contributed by atoms with E-state index in [1.807, 2.05) is 0 Å². The topological polar surface area (TPSA) is 392 Å². The standard InChI is InChI=1S/C43H74N12O13/c1-22(2)16-30(54-39(63)27(12-13-33(45)57)52-37(61)25(6)50-40(64)29-18-26(56)19-46-29)38(62)47-20-34(58)51-31(17-23(3)4)41(65)49-24(5)36(60)48-21-35(59)55-15-9-11-32(55)42(66)53-28(43(67)68)10-7-8-14-44/h22-32,46,56H,7-21,44H2,1-6H3,(H2,45,57)(H,47,62)(H,48,60)(H,49,65)(H,50,64)(H,51,58)(H,52,61)(H,53,66)(H,54,63)(H,67,68)/t24-,25-,26+,27-,28-,29?,30-,31-,32-/m0/s1. The first kappa shape index (κ1) is 58.2. The van der Waals surface area contributed by atoms with Crippen molar-refractivity contribution in [2.45, 2.75) is 160 Å². The molecule has 15 N–H and O–H groups in total. The zero-order valence-electron chi connectivity index (χ0n) is 39.9. The van der Waals surface area contributed by atoms with Crippen molar-refractivity contribution < 1.29 is 63.0 Å². The number of primary amides is 1. The summed E-state index contributed by atoms with van der Waals surface area (Å²) in [5.41, 5.74) is 10.8. The summed E-state index contributed by atoms with van der Waals surface area (Å²) in [5, 5.41) is 42.1. The molecule has 68 heavy (non-hydrogen) atoms. The van der Waals surface area contributed by atoms with Crippen LogP contribution in [0.2, 0.25) is 0 Å². The lowest BCUT2D eigenvalue weighted by Crippen LogP contribution is -2.58. The quantitative estimate of drug-likeness (QED) is 0.0314. The van der Waals surface area contributed by atoms with Crippen LogP contribution in [0.25, 0.3) is 0 Å². The molecule has 2 fully saturated rings. The molecule has 0 bridgehead atoms. The zero-order chi connectivity index (χ0) is 51.2. The summed E-state index contributed by atoms with van der Waals surface area (Å²) < 4.78 is 0. The van der Waals surface area contributed by atoms with Crippen LogP contribution in [0.4, 0.5) is 0 Å². The van der Waals surface area contributed by atoms with Crippen molar-refractivity contribution >= 4 is 65.0 Å². The summed E-state index contributed by atoms with van der Waals surface area (Å²) >= 11 is 0. The average Bonchev–Trinajstić information content (AvgIpc) is 3.94. The van der Waals surface area contributed by atoms with Crippen molar-refractivity contribution in [2.24, 2.45) is 23.3 Å². The molecule has 9 atom stereocenters. The normalized spacial score (nSPS) is 19.3. The third-order valence-corrected chi connectivity index (χ3v) is 11.2. The highest BCUT2D eigenvalue weighted by atomic mass is 16.4. The van der Waals surface area contributed by atoms with Crippen LogP contribution in [-0.2, 0) is 52.7 Å². The molecule has 2 rings (SSSR count). The number of carbonyl (C=O) groups excluding carboxylic acids is 10. The maximum Gasteiger partial charge on any atom is 0.326 e. The summed E-state index contributed by atoms with van der Waals surface area (Å²) in [7, 11) is 0. The first-order valence-corrected chi connectivity index (χ1v) is 23.2. The Kier molecular flexibility index (Phi) is 24.9. The van der Waals surface area contributed by atoms with Gasteiger partial charge in [-0.2, -0.15) is 0 Å². The van der Waals surface area contributed by atoms with Crippen LogP contribution in [0, 0.1) is 11.8 Å². The third-order valence-electron chi connectivity index (χ3n) is 11.2. The van der Waals surface area contributed by atoms with Gasteiger partial charge in [-0.3, -0.25) is 47.9 Å². The average molecular weight is 967 g/mol. The predicted octanol–water partition coefficient (Wildman–Crippen LogP) is -4.55. The number of nitrogens with two attached hydrogens (primary N) is 2. The van der Waals surface area contributed by atoms with Gasteiger partial charge in [-0.25, -0.2) is 4.79 Å². The summed E-state index contributed by atoms with van der Waals surface area (Å²) in [5.74, 6) is -8.66. The van der Waals surface area contributed by atoms with E-state index in [0.29, 0.717) is 32.2 Å². The number of carboxylic acid groups (broad SMARTS) is 1. The molecule has 0 saturated carbocycles. The van der Waals surface area contributed by atoms with Crippen LogP contribution in [0.1, 0.15) is 106 Å². The number of hydrogen-bond donors (Lipinski definition) is 13. The molecule has 1 unspecified atom stereocenters. The summed E-state index contributed by atoms with van der Waals surface area (Å²) in [6, 6.07) is -8.88. The molecule has 2 aliphatic heterocycles. The Bertz CT molecular complexity index is 1800. The molecule has 2 saturated heterocycles. The van der Waals surface area contributed by atoms with E-state index in [2.05, 4.69) is 47.9 Å². The second-order valence-electron chi connectivity index (χ2n) is 18.2. The first-order valence-electron chi connectivity index (χ1n) is 23.2. The van der Waals surface area contributed by atoms with Gasteiger partial charge in [0.15, 0.2) is 0 Å². The minimum absolute atomic E-state index is 0.0867. The highest BCUT2D eigenvalue weighted by Gasteiger charge is 2.37. The minimum Gasteiger partial charge on any atom is -0.480 e. The number of aliphatic carboxylic acids is 1. The lowest BCUT2D eigenvalue weighted by Gasteiger charge is -2.26. The lowest BCUT2D eigenvalue weighted by atomic mass is 10.0. The number of carboxylic acids is 1. The molecule has 384 valence electrons. The highest BCUT2D eigenvalue weighted by Crippen LogP contribution is 2.18. The third kappa shape index (κ3) is 20.5. The van der Waals surface area contributed by atoms with E-state index in [0.717, 1.165) is 0 Å². The van der Waals surface area contributed by atoms with Crippen LogP contribution in [0.15, 0.2) is 0 Å². The van der Waals surface area contributed by atoms with E-state index in [4.69, 9.17) is 11.5 Å². The Hall–Kier alpha value is -5.95. The molecule has 0 aromatic rings. The van der Waals surface area contributed by atoms with Gasteiger partial charge >= 0.3 is 5.97 Å². The molecule has 25 nitrogen and oxygen atoms in total. The monoisotopic (exact) mass is 967 g/mol. The van der Waals surface area contributed by atoms with Gasteiger partial charge in [-0.15, -0.1) is 0 Å². The van der Waals surface area contributed by atoms with Crippen molar-refractivity contribution in [1.82, 2.24) is 52.8 Å². The van der Waals surface area contributed by atoms with Crippen molar-refractivity contribution in [1.29, 1.82) is 0 Å². The van der Waals surface area contributed by atoms with Gasteiger partial charge in [0, 0.05) is 19.5 Å². The van der Waals surface area contributed by atoms with Crippen molar-refractivity contribution in [2.75, 3.05) is 32.7 Å². The first-order chi connectivity index (χ1) is 31.9. The second kappa shape index (κ2) is 29.1. The molecular formula is C43H74N12O13. The molecule has 2 heterocycles. The Balaban J connectivity index is 2.00. The number of nitrogens with one attached hydrogen (secondary N) is 9. The number of likely N-dealkylation sites (tertiary alicyclic amines) is 1. The van der Waals surface area contributed by atoms with Gasteiger partial charge in [0.25, 0.3) is 0 Å². The molecule has 0 spiro atoms. The van der Waals surface area contributed by atoms with Gasteiger partial charge < -0.3 is 74.4 Å². The zero-order valence-corrected chi connectivity index (χ0v) is 39.9. The fourth-order valence-electron chi connectivity index (χ4n) is 7.52. The van der Waals surface area contributed by atoms with Gasteiger partial charge in [-0.05, 0) is 90.0 Å². The molecule has 0 aliphatic carbocycles. The molecule has 25 heteroatoms. The van der Waals surface area contributed by atoms with Crippen molar-refractivity contribution in [3.63, 3.8) is 0 Å². The Labute approximate surface area is 396 Å². The number of nitrogens with zero attached hydrogens (tertiary/aromatic N) is 1. The largest absolute Gasteiger partial charge is 0.480 e. The number of β-amino-alcohol motifs (C(OH)–C–C–N with tert-alkyl or cyclic N) is 1. The predicted molar refractivity (Wildman–Crippen MR) is 244 cm³/mol. The summed E-state index contributed by atoms with van der Waals surface area (Å²) in [6.07, 6.45) is 1.10. The van der Waals surface area contributed by atoms with E-state index in [1.165, 1.54) is 18.7 Å². The van der Waals surface area contributed by atoms with Crippen molar-refractivity contribution in [3.05, 3.63) is 0 Å². The number of amides is 10. The van der Waals surface area contributed by atoms with Crippen LogP contribution >= 0.6 is 0 Å². The highest BCUT2D eigenvalue weighted by molar-refractivity contribution is 5.97. The fraction of sp³-hybridized carbons (Fsp3) is 0.744. The fourth-order valence-corrected chi connectivity index (χ4v) is 7.52. The van der Waals surface area contributed by atoms with Gasteiger partial charge in [-0.1, -0.05) is 27.7 Å².